The summed E-state index contributed by atoms with van der Waals surface area (Å²) < 4.78 is 6.49. The van der Waals surface area contributed by atoms with E-state index in [2.05, 4.69) is 32.9 Å². The van der Waals surface area contributed by atoms with E-state index in [1.807, 2.05) is 19.9 Å². The van der Waals surface area contributed by atoms with Gasteiger partial charge in [0.2, 0.25) is 0 Å². The second-order valence-electron chi connectivity index (χ2n) is 8.36. The molecular formula is C20H34O3. The van der Waals surface area contributed by atoms with Crippen molar-refractivity contribution in [3.63, 3.8) is 0 Å². The number of rotatable bonds is 1. The maximum absolute atomic E-state index is 10.7. The summed E-state index contributed by atoms with van der Waals surface area (Å²) in [7, 11) is 0. The van der Waals surface area contributed by atoms with Crippen molar-refractivity contribution in [1.82, 2.24) is 0 Å². The molecular weight excluding hydrogens is 288 g/mol. The van der Waals surface area contributed by atoms with Gasteiger partial charge < -0.3 is 14.9 Å². The molecule has 132 valence electrons. The summed E-state index contributed by atoms with van der Waals surface area (Å²) in [6.45, 7) is 10.3. The summed E-state index contributed by atoms with van der Waals surface area (Å²) >= 11 is 0. The van der Waals surface area contributed by atoms with Gasteiger partial charge in [-0.2, -0.15) is 0 Å². The maximum atomic E-state index is 10.7. The molecule has 0 spiro atoms. The molecule has 4 atom stereocenters. The zero-order chi connectivity index (χ0) is 17.3. The third-order valence-corrected chi connectivity index (χ3v) is 5.80. The molecule has 1 saturated heterocycles. The topological polar surface area (TPSA) is 49.7 Å². The van der Waals surface area contributed by atoms with E-state index in [-0.39, 0.29) is 0 Å². The van der Waals surface area contributed by atoms with Crippen LogP contribution >= 0.6 is 0 Å². The molecule has 0 aromatic heterocycles. The van der Waals surface area contributed by atoms with Crippen LogP contribution in [0, 0.1) is 5.92 Å². The number of ether oxygens (including phenoxy) is 1. The highest BCUT2D eigenvalue weighted by atomic mass is 16.5. The van der Waals surface area contributed by atoms with Gasteiger partial charge in [0, 0.05) is 0 Å². The second-order valence-corrected chi connectivity index (χ2v) is 8.36. The van der Waals surface area contributed by atoms with Crippen LogP contribution in [-0.2, 0) is 4.74 Å². The van der Waals surface area contributed by atoms with Crippen molar-refractivity contribution in [3.05, 3.63) is 23.8 Å². The minimum Gasteiger partial charge on any atom is -0.390 e. The van der Waals surface area contributed by atoms with Gasteiger partial charge in [0.05, 0.1) is 22.9 Å². The average molecular weight is 322 g/mol. The van der Waals surface area contributed by atoms with E-state index in [0.717, 1.165) is 32.1 Å². The van der Waals surface area contributed by atoms with Crippen molar-refractivity contribution < 1.29 is 14.9 Å². The molecule has 2 aliphatic rings. The fourth-order valence-corrected chi connectivity index (χ4v) is 3.72. The predicted octanol–water partition coefficient (Wildman–Crippen LogP) is 4.14. The van der Waals surface area contributed by atoms with Crippen LogP contribution in [0.5, 0.6) is 0 Å². The number of aliphatic hydroxyl groups is 2. The molecule has 2 bridgehead atoms. The Bertz CT molecular complexity index is 477. The van der Waals surface area contributed by atoms with Crippen LogP contribution in [0.3, 0.4) is 0 Å². The Balaban J connectivity index is 2.35. The van der Waals surface area contributed by atoms with Gasteiger partial charge in [-0.05, 0) is 65.2 Å². The van der Waals surface area contributed by atoms with Crippen molar-refractivity contribution in [2.24, 2.45) is 5.92 Å². The number of fused-ring (bicyclic) bond motifs is 2. The van der Waals surface area contributed by atoms with Crippen molar-refractivity contribution in [2.75, 3.05) is 0 Å². The van der Waals surface area contributed by atoms with Gasteiger partial charge >= 0.3 is 0 Å². The molecule has 0 saturated carbocycles. The molecule has 2 N–H and O–H groups in total. The summed E-state index contributed by atoms with van der Waals surface area (Å²) in [5.74, 6) is 0.300. The van der Waals surface area contributed by atoms with Crippen LogP contribution in [-0.4, -0.2) is 33.1 Å². The molecule has 0 aromatic rings. The third-order valence-electron chi connectivity index (χ3n) is 5.80. The molecule has 0 radical (unpaired) electrons. The molecule has 1 fully saturated rings. The Morgan fingerprint density at radius 3 is 2.52 bits per heavy atom. The molecule has 0 aromatic carbocycles. The molecule has 23 heavy (non-hydrogen) atoms. The number of allylic oxidation sites excluding steroid dienone is 2. The highest BCUT2D eigenvalue weighted by Crippen LogP contribution is 2.46. The number of hydrogen-bond acceptors (Lipinski definition) is 3. The van der Waals surface area contributed by atoms with Crippen LogP contribution in [0.1, 0.15) is 73.1 Å². The lowest BCUT2D eigenvalue weighted by atomic mass is 9.83. The van der Waals surface area contributed by atoms with E-state index in [0.29, 0.717) is 12.3 Å². The Morgan fingerprint density at radius 2 is 1.87 bits per heavy atom. The lowest BCUT2D eigenvalue weighted by Crippen LogP contribution is -2.44. The number of hydrogen-bond donors (Lipinski definition) is 2. The Kier molecular flexibility index (Phi) is 5.44. The van der Waals surface area contributed by atoms with Crippen molar-refractivity contribution in [1.29, 1.82) is 0 Å². The summed E-state index contributed by atoms with van der Waals surface area (Å²) in [6.07, 6.45) is 10.6. The standard InChI is InChI=1S/C20H34O3/c1-15(2)20-13-11-18(4,22)10-6-7-16(3)8-9-17(21)19(5,23-20)12-14-20/h7,11,13,15,17,21-22H,6,8-10,12,14H2,1-5H3/b13-11+,16-7+. The normalized spacial score (nSPS) is 46.4. The second kappa shape index (κ2) is 6.70. The minimum absolute atomic E-state index is 0.300. The van der Waals surface area contributed by atoms with Crippen LogP contribution in [0.25, 0.3) is 0 Å². The lowest BCUT2D eigenvalue weighted by Gasteiger charge is -2.37. The average Bonchev–Trinajstić information content (AvgIpc) is 2.82. The molecule has 0 amide bonds. The summed E-state index contributed by atoms with van der Waals surface area (Å²) in [5.41, 5.74) is -0.446. The Morgan fingerprint density at radius 1 is 1.17 bits per heavy atom. The first-order valence-corrected chi connectivity index (χ1v) is 9.05. The highest BCUT2D eigenvalue weighted by Gasteiger charge is 2.50. The van der Waals surface area contributed by atoms with Crippen LogP contribution in [0.4, 0.5) is 0 Å². The molecule has 3 heteroatoms. The van der Waals surface area contributed by atoms with Crippen LogP contribution < -0.4 is 0 Å². The lowest BCUT2D eigenvalue weighted by molar-refractivity contribution is -0.145. The SMILES string of the molecule is C/C1=C\CCC(C)(O)/C=C/C2(C(C)C)CCC(C)(O2)C(O)CC1. The molecule has 4 unspecified atom stereocenters. The van der Waals surface area contributed by atoms with Crippen molar-refractivity contribution in [3.8, 4) is 0 Å². The predicted molar refractivity (Wildman–Crippen MR) is 94.3 cm³/mol. The molecule has 3 nitrogen and oxygen atoms in total. The van der Waals surface area contributed by atoms with Gasteiger partial charge in [-0.1, -0.05) is 37.6 Å². The van der Waals surface area contributed by atoms with Gasteiger partial charge in [-0.15, -0.1) is 0 Å². The zero-order valence-electron chi connectivity index (χ0n) is 15.4. The molecule has 2 rings (SSSR count). The van der Waals surface area contributed by atoms with E-state index in [9.17, 15) is 10.2 Å². The smallest absolute Gasteiger partial charge is 0.0925 e. The van der Waals surface area contributed by atoms with E-state index in [4.69, 9.17) is 4.74 Å². The largest absolute Gasteiger partial charge is 0.390 e. The molecule has 2 aliphatic heterocycles. The monoisotopic (exact) mass is 322 g/mol. The minimum atomic E-state index is -0.826. The van der Waals surface area contributed by atoms with E-state index in [1.165, 1.54) is 5.57 Å². The Hall–Kier alpha value is -0.640. The quantitative estimate of drug-likeness (QED) is 0.713. The van der Waals surface area contributed by atoms with Crippen molar-refractivity contribution >= 4 is 0 Å². The first kappa shape index (κ1) is 18.7. The van der Waals surface area contributed by atoms with Crippen molar-refractivity contribution in [2.45, 2.75) is 96.1 Å². The van der Waals surface area contributed by atoms with Gasteiger partial charge in [-0.3, -0.25) is 0 Å². The Labute approximate surface area is 141 Å². The van der Waals surface area contributed by atoms with E-state index < -0.39 is 22.9 Å². The summed E-state index contributed by atoms with van der Waals surface area (Å²) in [6, 6.07) is 0. The highest BCUT2D eigenvalue weighted by molar-refractivity contribution is 5.15. The van der Waals surface area contributed by atoms with Gasteiger partial charge in [0.1, 0.15) is 0 Å². The van der Waals surface area contributed by atoms with Gasteiger partial charge in [0.15, 0.2) is 0 Å². The zero-order valence-corrected chi connectivity index (χ0v) is 15.4. The summed E-state index contributed by atoms with van der Waals surface area (Å²) in [4.78, 5) is 0. The van der Waals surface area contributed by atoms with E-state index in [1.54, 1.807) is 0 Å². The van der Waals surface area contributed by atoms with Crippen LogP contribution in [0.2, 0.25) is 0 Å². The maximum Gasteiger partial charge on any atom is 0.0925 e. The first-order chi connectivity index (χ1) is 10.6. The van der Waals surface area contributed by atoms with Gasteiger partial charge in [0.25, 0.3) is 0 Å². The van der Waals surface area contributed by atoms with E-state index >= 15 is 0 Å². The first-order valence-electron chi connectivity index (χ1n) is 9.05. The van der Waals surface area contributed by atoms with Gasteiger partial charge in [-0.25, -0.2) is 0 Å². The molecule has 2 heterocycles. The van der Waals surface area contributed by atoms with Crippen LogP contribution in [0.15, 0.2) is 23.8 Å². The summed E-state index contributed by atoms with van der Waals surface area (Å²) in [5, 5.41) is 21.3. The number of aliphatic hydroxyl groups excluding tert-OH is 1. The third kappa shape index (κ3) is 4.26. The fourth-order valence-electron chi connectivity index (χ4n) is 3.72. The molecule has 0 aliphatic carbocycles. The fraction of sp³-hybridized carbons (Fsp3) is 0.800.